The molecule has 0 spiro atoms. The maximum absolute atomic E-state index is 11.5. The number of unbranched alkanes of at least 4 members (excludes halogenated alkanes) is 1. The van der Waals surface area contributed by atoms with E-state index in [-0.39, 0.29) is 18.3 Å². The lowest BCUT2D eigenvalue weighted by atomic mass is 10.1. The van der Waals surface area contributed by atoms with E-state index in [4.69, 9.17) is 5.73 Å². The van der Waals surface area contributed by atoms with Crippen LogP contribution < -0.4 is 11.1 Å². The second-order valence-electron chi connectivity index (χ2n) is 3.73. The lowest BCUT2D eigenvalue weighted by molar-refractivity contribution is -0.116. The highest BCUT2D eigenvalue weighted by molar-refractivity contribution is 5.91. The van der Waals surface area contributed by atoms with E-state index in [9.17, 15) is 4.79 Å². The van der Waals surface area contributed by atoms with E-state index in [1.807, 2.05) is 19.1 Å². The van der Waals surface area contributed by atoms with Crippen molar-refractivity contribution in [2.24, 2.45) is 0 Å². The lowest BCUT2D eigenvalue weighted by Gasteiger charge is -2.08. The highest BCUT2D eigenvalue weighted by Gasteiger charge is 2.03. The van der Waals surface area contributed by atoms with Crippen molar-refractivity contribution in [3.05, 3.63) is 23.8 Å². The molecule has 0 bridgehead atoms. The van der Waals surface area contributed by atoms with Crippen LogP contribution in [-0.2, 0) is 4.79 Å². The van der Waals surface area contributed by atoms with Gasteiger partial charge in [-0.05, 0) is 37.1 Å². The van der Waals surface area contributed by atoms with Gasteiger partial charge in [-0.2, -0.15) is 0 Å². The maximum Gasteiger partial charge on any atom is 0.224 e. The highest BCUT2D eigenvalue weighted by Crippen LogP contribution is 2.17. The summed E-state index contributed by atoms with van der Waals surface area (Å²) in [7, 11) is 0. The Bertz CT molecular complexity index is 353. The van der Waals surface area contributed by atoms with Gasteiger partial charge in [0.05, 0.1) is 0 Å². The summed E-state index contributed by atoms with van der Waals surface area (Å²) in [4.78, 5) is 11.5. The van der Waals surface area contributed by atoms with E-state index in [0.29, 0.717) is 6.42 Å². The minimum atomic E-state index is 0. The number of hydrogen-bond acceptors (Lipinski definition) is 2. The molecule has 4 heteroatoms. The average molecular weight is 243 g/mol. The number of nitrogens with one attached hydrogen (secondary N) is 1. The molecule has 3 N–H and O–H groups in total. The van der Waals surface area contributed by atoms with Crippen LogP contribution >= 0.6 is 12.4 Å². The molecule has 0 unspecified atom stereocenters. The summed E-state index contributed by atoms with van der Waals surface area (Å²) in [6.07, 6.45) is 2.55. The summed E-state index contributed by atoms with van der Waals surface area (Å²) in [6.45, 7) is 4.01. The summed E-state index contributed by atoms with van der Waals surface area (Å²) < 4.78 is 0. The Morgan fingerprint density at radius 3 is 2.69 bits per heavy atom. The van der Waals surface area contributed by atoms with Crippen molar-refractivity contribution < 1.29 is 4.79 Å². The van der Waals surface area contributed by atoms with Gasteiger partial charge in [-0.15, -0.1) is 12.4 Å². The van der Waals surface area contributed by atoms with Gasteiger partial charge in [0.25, 0.3) is 0 Å². The van der Waals surface area contributed by atoms with Gasteiger partial charge in [0, 0.05) is 17.8 Å². The molecule has 1 rings (SSSR count). The fraction of sp³-hybridized carbons (Fsp3) is 0.417. The zero-order valence-electron chi connectivity index (χ0n) is 9.75. The maximum atomic E-state index is 11.5. The molecule has 1 amide bonds. The Kier molecular flexibility index (Phi) is 6.58. The molecule has 1 aromatic rings. The Morgan fingerprint density at radius 2 is 2.12 bits per heavy atom. The predicted molar refractivity (Wildman–Crippen MR) is 71.0 cm³/mol. The third-order valence-electron chi connectivity index (χ3n) is 2.28. The summed E-state index contributed by atoms with van der Waals surface area (Å²) in [6, 6.07) is 5.49. The third-order valence-corrected chi connectivity index (χ3v) is 2.28. The summed E-state index contributed by atoms with van der Waals surface area (Å²) in [5, 5.41) is 2.88. The third kappa shape index (κ3) is 4.53. The Labute approximate surface area is 103 Å². The number of carbonyl (C=O) groups excluding carboxylic acids is 1. The number of hydrogen-bond donors (Lipinski definition) is 2. The van der Waals surface area contributed by atoms with Crippen molar-refractivity contribution in [3.63, 3.8) is 0 Å². The van der Waals surface area contributed by atoms with Gasteiger partial charge < -0.3 is 11.1 Å². The first-order chi connectivity index (χ1) is 7.13. The van der Waals surface area contributed by atoms with Gasteiger partial charge in [-0.25, -0.2) is 0 Å². The Balaban J connectivity index is 0.00000225. The molecule has 0 aromatic heterocycles. The minimum absolute atomic E-state index is 0. The van der Waals surface area contributed by atoms with Crippen LogP contribution in [0.3, 0.4) is 0 Å². The van der Waals surface area contributed by atoms with Crippen molar-refractivity contribution in [2.75, 3.05) is 11.1 Å². The van der Waals surface area contributed by atoms with Crippen LogP contribution in [0.1, 0.15) is 31.7 Å². The molecule has 0 aliphatic rings. The normalized spacial score (nSPS) is 9.38. The number of anilines is 2. The second-order valence-corrected chi connectivity index (χ2v) is 3.73. The number of rotatable bonds is 4. The monoisotopic (exact) mass is 242 g/mol. The fourth-order valence-corrected chi connectivity index (χ4v) is 1.38. The first-order valence-electron chi connectivity index (χ1n) is 5.29. The van der Waals surface area contributed by atoms with Crippen LogP contribution in [-0.4, -0.2) is 5.91 Å². The van der Waals surface area contributed by atoms with Crippen LogP contribution in [0.5, 0.6) is 0 Å². The SMILES string of the molecule is CCCCC(=O)Nc1ccc(N)cc1C.Cl. The quantitative estimate of drug-likeness (QED) is 0.797. The van der Waals surface area contributed by atoms with Crippen LogP contribution in [0.4, 0.5) is 11.4 Å². The largest absolute Gasteiger partial charge is 0.399 e. The van der Waals surface area contributed by atoms with E-state index in [0.717, 1.165) is 29.8 Å². The van der Waals surface area contributed by atoms with E-state index in [1.165, 1.54) is 0 Å². The number of carbonyl (C=O) groups is 1. The minimum Gasteiger partial charge on any atom is -0.399 e. The molecule has 16 heavy (non-hydrogen) atoms. The van der Waals surface area contributed by atoms with E-state index in [2.05, 4.69) is 12.2 Å². The van der Waals surface area contributed by atoms with Gasteiger partial charge in [-0.1, -0.05) is 13.3 Å². The van der Waals surface area contributed by atoms with E-state index < -0.39 is 0 Å². The second kappa shape index (κ2) is 7.12. The summed E-state index contributed by atoms with van der Waals surface area (Å²) in [5.74, 6) is 0.0738. The van der Waals surface area contributed by atoms with E-state index >= 15 is 0 Å². The molecular weight excluding hydrogens is 224 g/mol. The molecule has 0 atom stereocenters. The molecule has 1 aromatic carbocycles. The van der Waals surface area contributed by atoms with Gasteiger partial charge in [-0.3, -0.25) is 4.79 Å². The number of amides is 1. The highest BCUT2D eigenvalue weighted by atomic mass is 35.5. The van der Waals surface area contributed by atoms with Crippen LogP contribution in [0.2, 0.25) is 0 Å². The van der Waals surface area contributed by atoms with E-state index in [1.54, 1.807) is 6.07 Å². The van der Waals surface area contributed by atoms with Gasteiger partial charge >= 0.3 is 0 Å². The zero-order chi connectivity index (χ0) is 11.3. The summed E-state index contributed by atoms with van der Waals surface area (Å²) >= 11 is 0. The molecule has 0 aliphatic carbocycles. The number of aryl methyl sites for hydroxylation is 1. The standard InChI is InChI=1S/C12H18N2O.ClH/c1-3-4-5-12(15)14-11-7-6-10(13)8-9(11)2;/h6-8H,3-5,13H2,1-2H3,(H,14,15);1H. The molecular formula is C12H19ClN2O. The molecule has 3 nitrogen and oxygen atoms in total. The Morgan fingerprint density at radius 1 is 1.44 bits per heavy atom. The van der Waals surface area contributed by atoms with Gasteiger partial charge in [0.1, 0.15) is 0 Å². The van der Waals surface area contributed by atoms with Crippen molar-refractivity contribution >= 4 is 29.7 Å². The molecule has 0 aliphatic heterocycles. The van der Waals surface area contributed by atoms with Crippen LogP contribution in [0, 0.1) is 6.92 Å². The summed E-state index contributed by atoms with van der Waals surface area (Å²) in [5.41, 5.74) is 8.20. The predicted octanol–water partition coefficient (Wildman–Crippen LogP) is 3.13. The lowest BCUT2D eigenvalue weighted by Crippen LogP contribution is -2.11. The van der Waals surface area contributed by atoms with Crippen molar-refractivity contribution in [1.82, 2.24) is 0 Å². The van der Waals surface area contributed by atoms with Gasteiger partial charge in [0.15, 0.2) is 0 Å². The molecule has 0 saturated heterocycles. The molecule has 0 saturated carbocycles. The first-order valence-corrected chi connectivity index (χ1v) is 5.29. The number of nitrogens with two attached hydrogens (primary N) is 1. The number of nitrogen functional groups attached to an aromatic ring is 1. The molecule has 0 radical (unpaired) electrons. The van der Waals surface area contributed by atoms with Crippen LogP contribution in [0.25, 0.3) is 0 Å². The first kappa shape index (κ1) is 14.8. The molecule has 90 valence electrons. The van der Waals surface area contributed by atoms with Crippen LogP contribution in [0.15, 0.2) is 18.2 Å². The van der Waals surface area contributed by atoms with Gasteiger partial charge in [0.2, 0.25) is 5.91 Å². The van der Waals surface area contributed by atoms with Crippen molar-refractivity contribution in [2.45, 2.75) is 33.1 Å². The average Bonchev–Trinajstić information content (AvgIpc) is 2.19. The number of benzene rings is 1. The van der Waals surface area contributed by atoms with Crippen molar-refractivity contribution in [3.8, 4) is 0 Å². The topological polar surface area (TPSA) is 55.1 Å². The molecule has 0 fully saturated rings. The zero-order valence-corrected chi connectivity index (χ0v) is 10.6. The fourth-order valence-electron chi connectivity index (χ4n) is 1.38. The van der Waals surface area contributed by atoms with Crippen molar-refractivity contribution in [1.29, 1.82) is 0 Å². The smallest absolute Gasteiger partial charge is 0.224 e. The Hall–Kier alpha value is -1.22. The number of halogens is 1. The molecule has 0 heterocycles.